The Labute approximate surface area is 180 Å². The van der Waals surface area contributed by atoms with E-state index in [-0.39, 0.29) is 11.8 Å². The zero-order valence-corrected chi connectivity index (χ0v) is 18.9. The monoisotopic (exact) mass is 460 g/mol. The molecule has 0 spiro atoms. The summed E-state index contributed by atoms with van der Waals surface area (Å²) in [5.41, 5.74) is 2.96. The van der Waals surface area contributed by atoms with Crippen molar-refractivity contribution in [2.24, 2.45) is 10.9 Å². The van der Waals surface area contributed by atoms with Crippen LogP contribution < -0.4 is 20.1 Å². The number of amides is 1. The van der Waals surface area contributed by atoms with Crippen molar-refractivity contribution in [2.75, 3.05) is 19.5 Å². The van der Waals surface area contributed by atoms with Gasteiger partial charge in [0.15, 0.2) is 0 Å². The van der Waals surface area contributed by atoms with Crippen LogP contribution in [0.25, 0.3) is 0 Å². The summed E-state index contributed by atoms with van der Waals surface area (Å²) in [4.78, 5) is 16.8. The molecular formula is C22H26N3O3Se. The van der Waals surface area contributed by atoms with Gasteiger partial charge < -0.3 is 0 Å². The summed E-state index contributed by atoms with van der Waals surface area (Å²) in [6, 6.07) is 5.62. The van der Waals surface area contributed by atoms with Crippen LogP contribution in [0.2, 0.25) is 0 Å². The summed E-state index contributed by atoms with van der Waals surface area (Å²) < 4.78 is 12.6. The molecule has 1 heterocycles. The second-order valence-corrected chi connectivity index (χ2v) is 7.60. The van der Waals surface area contributed by atoms with Gasteiger partial charge in [-0.3, -0.25) is 0 Å². The normalized spacial score (nSPS) is 17.3. The Morgan fingerprint density at radius 3 is 2.79 bits per heavy atom. The van der Waals surface area contributed by atoms with Gasteiger partial charge in [0.25, 0.3) is 0 Å². The molecule has 7 heteroatoms. The quantitative estimate of drug-likeness (QED) is 0.482. The van der Waals surface area contributed by atoms with Gasteiger partial charge in [0.1, 0.15) is 0 Å². The molecule has 1 aromatic rings. The molecule has 1 amide bonds. The van der Waals surface area contributed by atoms with Gasteiger partial charge in [0.05, 0.1) is 0 Å². The van der Waals surface area contributed by atoms with E-state index >= 15 is 0 Å². The number of rotatable bonds is 7. The average Bonchev–Trinajstić information content (AvgIpc) is 3.58. The summed E-state index contributed by atoms with van der Waals surface area (Å²) in [7, 11) is 3.35. The Morgan fingerprint density at radius 1 is 1.45 bits per heavy atom. The van der Waals surface area contributed by atoms with E-state index in [1.807, 2.05) is 44.2 Å². The van der Waals surface area contributed by atoms with Crippen LogP contribution in [0.15, 0.2) is 58.1 Å². The summed E-state index contributed by atoms with van der Waals surface area (Å²) >= 11 is 3.00. The molecule has 0 unspecified atom stereocenters. The van der Waals surface area contributed by atoms with Crippen molar-refractivity contribution in [3.05, 3.63) is 53.1 Å². The van der Waals surface area contributed by atoms with Crippen LogP contribution in [0, 0.1) is 5.92 Å². The number of carbonyl (C=O) groups excluding carboxylic acids is 1. The first kappa shape index (κ1) is 21.2. The zero-order chi connectivity index (χ0) is 21.0. The van der Waals surface area contributed by atoms with Crippen molar-refractivity contribution in [1.82, 2.24) is 5.32 Å². The number of fused-ring (bicyclic) bond motifs is 1. The fourth-order valence-corrected chi connectivity index (χ4v) is 3.55. The Bertz CT molecular complexity index is 927. The van der Waals surface area contributed by atoms with Crippen LogP contribution in [0.5, 0.6) is 11.5 Å². The third-order valence-electron chi connectivity index (χ3n) is 4.75. The van der Waals surface area contributed by atoms with E-state index in [9.17, 15) is 4.79 Å². The molecular weight excluding hydrogens is 433 g/mol. The molecule has 6 nitrogen and oxygen atoms in total. The molecule has 3 rings (SSSR count). The Morgan fingerprint density at radius 2 is 2.21 bits per heavy atom. The summed E-state index contributed by atoms with van der Waals surface area (Å²) in [5.74, 6) is 2.00. The summed E-state index contributed by atoms with van der Waals surface area (Å²) in [6.07, 6.45) is 6.55. The number of hydrogen-bond donors (Lipinski definition) is 2. The average molecular weight is 459 g/mol. The maximum atomic E-state index is 12.5. The number of ether oxygens (including phenoxy) is 2. The molecule has 2 N–H and O–H groups in total. The minimum absolute atomic E-state index is 0.0334. The topological polar surface area (TPSA) is 72.0 Å². The van der Waals surface area contributed by atoms with Crippen molar-refractivity contribution < 1.29 is 14.3 Å². The number of aliphatic imine (C=N–C) groups is 1. The van der Waals surface area contributed by atoms with Gasteiger partial charge in [-0.1, -0.05) is 0 Å². The number of methoxy groups -OCH3 is 1. The van der Waals surface area contributed by atoms with Crippen LogP contribution in [0.3, 0.4) is 0 Å². The number of nitrogens with one attached hydrogen (secondary N) is 2. The van der Waals surface area contributed by atoms with Gasteiger partial charge in [0, 0.05) is 0 Å². The third kappa shape index (κ3) is 4.57. The van der Waals surface area contributed by atoms with Crippen LogP contribution >= 0.6 is 0 Å². The predicted molar refractivity (Wildman–Crippen MR) is 116 cm³/mol. The third-order valence-corrected chi connectivity index (χ3v) is 5.59. The number of allylic oxidation sites excluding steroid dienone is 3. The van der Waals surface area contributed by atoms with Crippen LogP contribution in [0.1, 0.15) is 33.1 Å². The second-order valence-electron chi connectivity index (χ2n) is 6.79. The van der Waals surface area contributed by atoms with Crippen molar-refractivity contribution in [1.29, 1.82) is 0 Å². The Hall–Kier alpha value is -2.50. The van der Waals surface area contributed by atoms with Gasteiger partial charge in [0.2, 0.25) is 0 Å². The van der Waals surface area contributed by atoms with Crippen molar-refractivity contribution in [3.63, 3.8) is 0 Å². The minimum atomic E-state index is 0.0334. The van der Waals surface area contributed by atoms with E-state index in [1.165, 1.54) is 0 Å². The standard InChI is InChI=1S/C22H26N3O3Se/c1-5-8-15(24-21(26)13-11-12-13)20-18(14(6-2)22(29)23-3)25-19-16(27-4)9-7-10-17(19)28-20/h6-10,13,25H,5,11-12H2,1-4H3,(H,24,26)/b14-6+,15-8-,23-22?. The van der Waals surface area contributed by atoms with Gasteiger partial charge in [-0.25, -0.2) is 0 Å². The number of carbonyl (C=O) groups is 1. The summed E-state index contributed by atoms with van der Waals surface area (Å²) in [6.45, 7) is 3.97. The number of benzene rings is 1. The van der Waals surface area contributed by atoms with Crippen LogP contribution in [-0.2, 0) is 4.79 Å². The van der Waals surface area contributed by atoms with E-state index in [2.05, 4.69) is 31.6 Å². The number of anilines is 1. The fourth-order valence-electron chi connectivity index (χ4n) is 3.09. The van der Waals surface area contributed by atoms with Crippen LogP contribution in [0.4, 0.5) is 5.69 Å². The van der Waals surface area contributed by atoms with Gasteiger partial charge in [-0.15, -0.1) is 0 Å². The Balaban J connectivity index is 2.12. The van der Waals surface area contributed by atoms with E-state index in [0.29, 0.717) is 23.0 Å². The van der Waals surface area contributed by atoms with Gasteiger partial charge >= 0.3 is 180 Å². The van der Waals surface area contributed by atoms with Crippen LogP contribution in [-0.4, -0.2) is 40.7 Å². The van der Waals surface area contributed by atoms with Crippen molar-refractivity contribution in [2.45, 2.75) is 33.1 Å². The molecule has 153 valence electrons. The maximum absolute atomic E-state index is 12.5. The first-order valence-electron chi connectivity index (χ1n) is 9.72. The van der Waals surface area contributed by atoms with Gasteiger partial charge in [-0.05, 0) is 0 Å². The van der Waals surface area contributed by atoms with Crippen molar-refractivity contribution >= 4 is 32.2 Å². The molecule has 1 aromatic carbocycles. The van der Waals surface area contributed by atoms with E-state index in [4.69, 9.17) is 9.47 Å². The first-order chi connectivity index (χ1) is 14.0. The van der Waals surface area contributed by atoms with Crippen molar-refractivity contribution in [3.8, 4) is 11.5 Å². The number of hydrogen-bond acceptors (Lipinski definition) is 5. The molecule has 1 radical (unpaired) electrons. The molecule has 1 aliphatic heterocycles. The zero-order valence-electron chi connectivity index (χ0n) is 17.2. The molecule has 0 saturated heterocycles. The second kappa shape index (κ2) is 9.33. The Kier molecular flexibility index (Phi) is 6.83. The molecule has 1 fully saturated rings. The molecule has 0 aromatic heterocycles. The molecule has 2 aliphatic rings. The molecule has 1 saturated carbocycles. The molecule has 29 heavy (non-hydrogen) atoms. The van der Waals surface area contributed by atoms with Gasteiger partial charge in [-0.2, -0.15) is 0 Å². The molecule has 0 bridgehead atoms. The van der Waals surface area contributed by atoms with E-state index in [1.54, 1.807) is 14.2 Å². The number of nitrogens with zero attached hydrogens (tertiary/aromatic N) is 1. The number of para-hydroxylation sites is 1. The SMILES string of the molecule is C/C=C(/C([Se])=NC)C1=C(/C(=C/CC)NC(=O)C2CC2)Oc2cccc(OC)c2N1. The van der Waals surface area contributed by atoms with E-state index < -0.39 is 0 Å². The first-order valence-corrected chi connectivity index (χ1v) is 10.6. The van der Waals surface area contributed by atoms with E-state index in [0.717, 1.165) is 40.8 Å². The predicted octanol–water partition coefficient (Wildman–Crippen LogP) is 3.67. The molecule has 0 atom stereocenters. The molecule has 1 aliphatic carbocycles. The summed E-state index contributed by atoms with van der Waals surface area (Å²) in [5, 5.41) is 6.52. The fraction of sp³-hybridized carbons (Fsp3) is 0.364.